The Hall–Kier alpha value is -0.530. The van der Waals surface area contributed by atoms with Crippen LogP contribution in [0.2, 0.25) is 5.02 Å². The molecule has 1 aliphatic carbocycles. The van der Waals surface area contributed by atoms with Crippen molar-refractivity contribution in [2.24, 2.45) is 0 Å². The van der Waals surface area contributed by atoms with E-state index in [1.165, 1.54) is 70.0 Å². The van der Waals surface area contributed by atoms with E-state index in [-0.39, 0.29) is 5.54 Å². The molecule has 0 aromatic heterocycles. The minimum Gasteiger partial charge on any atom is -0.294 e. The second kappa shape index (κ2) is 5.85. The molecule has 0 unspecified atom stereocenters. The normalized spacial score (nSPS) is 24.3. The number of halogens is 1. The van der Waals surface area contributed by atoms with E-state index < -0.39 is 0 Å². The zero-order chi connectivity index (χ0) is 13.1. The van der Waals surface area contributed by atoms with E-state index in [1.807, 2.05) is 6.07 Å². The van der Waals surface area contributed by atoms with Crippen LogP contribution >= 0.6 is 11.6 Å². The largest absolute Gasteiger partial charge is 0.294 e. The van der Waals surface area contributed by atoms with Gasteiger partial charge in [0.2, 0.25) is 0 Å². The lowest BCUT2D eigenvalue weighted by Gasteiger charge is -2.48. The van der Waals surface area contributed by atoms with Gasteiger partial charge in [0, 0.05) is 10.6 Å². The summed E-state index contributed by atoms with van der Waals surface area (Å²) in [4.78, 5) is 2.77. The summed E-state index contributed by atoms with van der Waals surface area (Å²) in [6, 6.07) is 8.63. The molecule has 1 nitrogen and oxygen atoms in total. The lowest BCUT2D eigenvalue weighted by molar-refractivity contribution is 0.0303. The quantitative estimate of drug-likeness (QED) is 0.736. The van der Waals surface area contributed by atoms with E-state index in [0.29, 0.717) is 0 Å². The summed E-state index contributed by atoms with van der Waals surface area (Å²) in [5, 5.41) is 0.888. The van der Waals surface area contributed by atoms with Crippen LogP contribution in [0.25, 0.3) is 0 Å². The van der Waals surface area contributed by atoms with Crippen molar-refractivity contribution in [3.63, 3.8) is 0 Å². The van der Waals surface area contributed by atoms with Crippen LogP contribution in [0.5, 0.6) is 0 Å². The third-order valence-corrected chi connectivity index (χ3v) is 5.24. The first kappa shape index (κ1) is 13.5. The standard InChI is InChI=1S/C17H24ClN/c18-16-9-7-8-15(14-16)17(10-3-1-4-11-17)19-12-5-2-6-13-19/h7-9,14H,1-6,10-13H2. The fraction of sp³-hybridized carbons (Fsp3) is 0.647. The first-order valence-corrected chi connectivity index (χ1v) is 8.20. The van der Waals surface area contributed by atoms with E-state index >= 15 is 0 Å². The Morgan fingerprint density at radius 3 is 2.26 bits per heavy atom. The van der Waals surface area contributed by atoms with Gasteiger partial charge in [-0.2, -0.15) is 0 Å². The smallest absolute Gasteiger partial charge is 0.0461 e. The van der Waals surface area contributed by atoms with Crippen molar-refractivity contribution in [3.8, 4) is 0 Å². The van der Waals surface area contributed by atoms with Crippen LogP contribution in [-0.4, -0.2) is 18.0 Å². The van der Waals surface area contributed by atoms with Gasteiger partial charge in [0.25, 0.3) is 0 Å². The zero-order valence-corrected chi connectivity index (χ0v) is 12.5. The van der Waals surface area contributed by atoms with Gasteiger partial charge in [-0.15, -0.1) is 0 Å². The van der Waals surface area contributed by atoms with Gasteiger partial charge in [-0.3, -0.25) is 4.90 Å². The lowest BCUT2D eigenvalue weighted by Crippen LogP contribution is -2.49. The van der Waals surface area contributed by atoms with Crippen LogP contribution in [0.4, 0.5) is 0 Å². The maximum atomic E-state index is 6.25. The monoisotopic (exact) mass is 277 g/mol. The van der Waals surface area contributed by atoms with E-state index in [1.54, 1.807) is 0 Å². The molecule has 2 fully saturated rings. The maximum Gasteiger partial charge on any atom is 0.0461 e. The van der Waals surface area contributed by atoms with Crippen molar-refractivity contribution in [1.29, 1.82) is 0 Å². The number of likely N-dealkylation sites (tertiary alicyclic amines) is 1. The van der Waals surface area contributed by atoms with Gasteiger partial charge < -0.3 is 0 Å². The molecule has 0 bridgehead atoms. The highest BCUT2D eigenvalue weighted by atomic mass is 35.5. The molecule has 2 heteroatoms. The van der Waals surface area contributed by atoms with E-state index in [4.69, 9.17) is 11.6 Å². The minimum atomic E-state index is 0.281. The highest BCUT2D eigenvalue weighted by molar-refractivity contribution is 6.30. The summed E-state index contributed by atoms with van der Waals surface area (Å²) >= 11 is 6.25. The second-order valence-corrected chi connectivity index (χ2v) is 6.59. The average molecular weight is 278 g/mol. The van der Waals surface area contributed by atoms with Gasteiger partial charge >= 0.3 is 0 Å². The van der Waals surface area contributed by atoms with Crippen LogP contribution in [0, 0.1) is 0 Å². The Morgan fingerprint density at radius 2 is 1.58 bits per heavy atom. The molecule has 3 rings (SSSR count). The summed E-state index contributed by atoms with van der Waals surface area (Å²) in [5.41, 5.74) is 1.74. The number of rotatable bonds is 2. The SMILES string of the molecule is Clc1cccc(C2(N3CCCCC3)CCCCC2)c1. The predicted octanol–water partition coefficient (Wildman–Crippen LogP) is 4.99. The maximum absolute atomic E-state index is 6.25. The zero-order valence-electron chi connectivity index (χ0n) is 11.7. The lowest BCUT2D eigenvalue weighted by atomic mass is 9.74. The van der Waals surface area contributed by atoms with Crippen molar-refractivity contribution < 1.29 is 0 Å². The van der Waals surface area contributed by atoms with E-state index in [0.717, 1.165) is 5.02 Å². The Labute approximate surface area is 121 Å². The van der Waals surface area contributed by atoms with Crippen LogP contribution in [0.15, 0.2) is 24.3 Å². The van der Waals surface area contributed by atoms with Crippen molar-refractivity contribution in [2.45, 2.75) is 56.9 Å². The Bertz CT molecular complexity index is 417. The van der Waals surface area contributed by atoms with Crippen molar-refractivity contribution in [2.75, 3.05) is 13.1 Å². The number of hydrogen-bond donors (Lipinski definition) is 0. The molecule has 0 spiro atoms. The van der Waals surface area contributed by atoms with Crippen LogP contribution < -0.4 is 0 Å². The van der Waals surface area contributed by atoms with Crippen molar-refractivity contribution in [1.82, 2.24) is 4.90 Å². The number of hydrogen-bond acceptors (Lipinski definition) is 1. The number of piperidine rings is 1. The molecule has 0 N–H and O–H groups in total. The Morgan fingerprint density at radius 1 is 0.895 bits per heavy atom. The molecule has 104 valence electrons. The topological polar surface area (TPSA) is 3.24 Å². The van der Waals surface area contributed by atoms with E-state index in [2.05, 4.69) is 23.1 Å². The van der Waals surface area contributed by atoms with Gasteiger partial charge in [0.05, 0.1) is 0 Å². The third-order valence-electron chi connectivity index (χ3n) is 5.00. The number of benzene rings is 1. The molecule has 1 heterocycles. The Balaban J connectivity index is 1.95. The average Bonchev–Trinajstić information content (AvgIpc) is 2.49. The van der Waals surface area contributed by atoms with Crippen molar-refractivity contribution in [3.05, 3.63) is 34.9 Å². The van der Waals surface area contributed by atoms with Gasteiger partial charge in [-0.05, 0) is 56.5 Å². The van der Waals surface area contributed by atoms with Crippen LogP contribution in [0.3, 0.4) is 0 Å². The second-order valence-electron chi connectivity index (χ2n) is 6.15. The summed E-state index contributed by atoms with van der Waals surface area (Å²) in [6.07, 6.45) is 10.9. The molecular formula is C17H24ClN. The van der Waals surface area contributed by atoms with Crippen LogP contribution in [-0.2, 0) is 5.54 Å². The fourth-order valence-corrected chi connectivity index (χ4v) is 4.21. The van der Waals surface area contributed by atoms with Crippen LogP contribution in [0.1, 0.15) is 56.9 Å². The molecule has 1 aromatic carbocycles. The molecule has 1 saturated carbocycles. The molecule has 0 amide bonds. The fourth-order valence-electron chi connectivity index (χ4n) is 4.02. The molecule has 19 heavy (non-hydrogen) atoms. The molecule has 1 saturated heterocycles. The summed E-state index contributed by atoms with van der Waals surface area (Å²) in [6.45, 7) is 2.54. The molecule has 1 aromatic rings. The molecule has 0 atom stereocenters. The number of nitrogens with zero attached hydrogens (tertiary/aromatic N) is 1. The highest BCUT2D eigenvalue weighted by Gasteiger charge is 2.39. The first-order chi connectivity index (χ1) is 9.31. The molecular weight excluding hydrogens is 254 g/mol. The van der Waals surface area contributed by atoms with Gasteiger partial charge in [-0.1, -0.05) is 49.4 Å². The molecule has 2 aliphatic rings. The summed E-state index contributed by atoms with van der Waals surface area (Å²) < 4.78 is 0. The Kier molecular flexibility index (Phi) is 4.14. The molecule has 0 radical (unpaired) electrons. The van der Waals surface area contributed by atoms with Gasteiger partial charge in [-0.25, -0.2) is 0 Å². The third kappa shape index (κ3) is 2.68. The summed E-state index contributed by atoms with van der Waals surface area (Å²) in [5.74, 6) is 0. The minimum absolute atomic E-state index is 0.281. The summed E-state index contributed by atoms with van der Waals surface area (Å²) in [7, 11) is 0. The van der Waals surface area contributed by atoms with Crippen molar-refractivity contribution >= 4 is 11.6 Å². The predicted molar refractivity (Wildman–Crippen MR) is 81.6 cm³/mol. The first-order valence-electron chi connectivity index (χ1n) is 7.82. The van der Waals surface area contributed by atoms with Gasteiger partial charge in [0.15, 0.2) is 0 Å². The van der Waals surface area contributed by atoms with Gasteiger partial charge in [0.1, 0.15) is 0 Å². The highest BCUT2D eigenvalue weighted by Crippen LogP contribution is 2.44. The molecule has 1 aliphatic heterocycles. The van der Waals surface area contributed by atoms with E-state index in [9.17, 15) is 0 Å².